The topological polar surface area (TPSA) is 54.1 Å². The zero-order chi connectivity index (χ0) is 19.7. The molecule has 0 aliphatic carbocycles. The van der Waals surface area contributed by atoms with Gasteiger partial charge in [-0.1, -0.05) is 18.2 Å². The lowest BCUT2D eigenvalue weighted by Crippen LogP contribution is -2.13. The van der Waals surface area contributed by atoms with Crippen LogP contribution in [0.15, 0.2) is 60.7 Å². The van der Waals surface area contributed by atoms with Gasteiger partial charge in [0.05, 0.1) is 5.52 Å². The molecular formula is C23H21FN2O2. The van der Waals surface area contributed by atoms with E-state index in [0.717, 1.165) is 33.1 Å². The Morgan fingerprint density at radius 3 is 2.32 bits per heavy atom. The van der Waals surface area contributed by atoms with Gasteiger partial charge in [-0.3, -0.25) is 4.79 Å². The van der Waals surface area contributed by atoms with E-state index in [1.807, 2.05) is 25.2 Å². The number of ketones is 1. The molecular weight excluding hydrogens is 355 g/mol. The predicted molar refractivity (Wildman–Crippen MR) is 111 cm³/mol. The van der Waals surface area contributed by atoms with Gasteiger partial charge in [0.25, 0.3) is 0 Å². The van der Waals surface area contributed by atoms with Crippen LogP contribution in [-0.4, -0.2) is 24.0 Å². The number of rotatable bonds is 6. The number of hydrogen-bond acceptors (Lipinski definition) is 3. The van der Waals surface area contributed by atoms with E-state index in [4.69, 9.17) is 4.74 Å². The molecule has 142 valence electrons. The first kappa shape index (κ1) is 18.0. The van der Waals surface area contributed by atoms with Gasteiger partial charge >= 0.3 is 0 Å². The molecule has 0 fully saturated rings. The van der Waals surface area contributed by atoms with E-state index in [0.29, 0.717) is 11.5 Å². The van der Waals surface area contributed by atoms with Crippen molar-refractivity contribution >= 4 is 33.3 Å². The summed E-state index contributed by atoms with van der Waals surface area (Å²) in [5.74, 6) is 0.964. The van der Waals surface area contributed by atoms with Crippen LogP contribution < -0.4 is 10.1 Å². The predicted octanol–water partition coefficient (Wildman–Crippen LogP) is 5.62. The number of fused-ring (bicyclic) bond motifs is 3. The highest BCUT2D eigenvalue weighted by Gasteiger charge is 2.12. The van der Waals surface area contributed by atoms with Crippen LogP contribution in [0.3, 0.4) is 0 Å². The number of nitrogens with one attached hydrogen (secondary N) is 2. The molecule has 1 aromatic heterocycles. The van der Waals surface area contributed by atoms with Gasteiger partial charge in [0.2, 0.25) is 0 Å². The summed E-state index contributed by atoms with van der Waals surface area (Å²) >= 11 is 0. The molecule has 0 radical (unpaired) electrons. The number of halogens is 1. The van der Waals surface area contributed by atoms with Crippen LogP contribution in [0.1, 0.15) is 12.5 Å². The van der Waals surface area contributed by atoms with Crippen molar-refractivity contribution in [3.05, 3.63) is 66.2 Å². The standard InChI is InChI=1S/C23H21FN2O2/c1-14(24)23(27)11-15-3-6-17(7-4-15)28-18-8-10-20-19-9-5-16(25-2)12-21(19)26-22(20)13-18/h3-10,12-14,25-26H,11H2,1-2H3. The Hall–Kier alpha value is -3.34. The second kappa shape index (κ2) is 7.35. The van der Waals surface area contributed by atoms with Gasteiger partial charge in [-0.05, 0) is 48.9 Å². The van der Waals surface area contributed by atoms with E-state index in [2.05, 4.69) is 28.5 Å². The molecule has 4 rings (SSSR count). The average Bonchev–Trinajstić information content (AvgIpc) is 3.06. The fraction of sp³-hybridized carbons (Fsp3) is 0.174. The van der Waals surface area contributed by atoms with Crippen LogP contribution in [0.2, 0.25) is 0 Å². The molecule has 2 N–H and O–H groups in total. The fourth-order valence-electron chi connectivity index (χ4n) is 3.26. The summed E-state index contributed by atoms with van der Waals surface area (Å²) in [5.41, 5.74) is 3.89. The molecule has 0 bridgehead atoms. The molecule has 0 amide bonds. The summed E-state index contributed by atoms with van der Waals surface area (Å²) < 4.78 is 19.0. The molecule has 0 aliphatic heterocycles. The number of benzene rings is 3. The Morgan fingerprint density at radius 2 is 1.64 bits per heavy atom. The minimum Gasteiger partial charge on any atom is -0.457 e. The first-order valence-corrected chi connectivity index (χ1v) is 9.20. The fourth-order valence-corrected chi connectivity index (χ4v) is 3.26. The number of alkyl halides is 1. The van der Waals surface area contributed by atoms with Gasteiger partial charge in [0.15, 0.2) is 12.0 Å². The summed E-state index contributed by atoms with van der Waals surface area (Å²) in [6.45, 7) is 1.26. The maximum atomic E-state index is 13.0. The van der Waals surface area contributed by atoms with E-state index in [-0.39, 0.29) is 6.42 Å². The zero-order valence-electron chi connectivity index (χ0n) is 15.8. The summed E-state index contributed by atoms with van der Waals surface area (Å²) in [6.07, 6.45) is -1.35. The van der Waals surface area contributed by atoms with Gasteiger partial charge in [-0.2, -0.15) is 0 Å². The first-order chi connectivity index (χ1) is 13.5. The number of ether oxygens (including phenoxy) is 1. The second-order valence-electron chi connectivity index (χ2n) is 6.85. The van der Waals surface area contributed by atoms with E-state index < -0.39 is 12.0 Å². The molecule has 1 heterocycles. The largest absolute Gasteiger partial charge is 0.457 e. The quantitative estimate of drug-likeness (QED) is 0.459. The molecule has 4 nitrogen and oxygen atoms in total. The molecule has 1 unspecified atom stereocenters. The molecule has 3 aromatic carbocycles. The lowest BCUT2D eigenvalue weighted by atomic mass is 10.1. The van der Waals surface area contributed by atoms with Crippen molar-refractivity contribution in [2.24, 2.45) is 0 Å². The van der Waals surface area contributed by atoms with Crippen molar-refractivity contribution < 1.29 is 13.9 Å². The Balaban J connectivity index is 1.56. The molecule has 0 aliphatic rings. The molecule has 0 saturated heterocycles. The normalized spacial score (nSPS) is 12.2. The van der Waals surface area contributed by atoms with Crippen LogP contribution in [0.4, 0.5) is 10.1 Å². The zero-order valence-corrected chi connectivity index (χ0v) is 15.8. The molecule has 0 saturated carbocycles. The van der Waals surface area contributed by atoms with Crippen molar-refractivity contribution in [3.8, 4) is 11.5 Å². The van der Waals surface area contributed by atoms with Crippen LogP contribution >= 0.6 is 0 Å². The number of H-pyrrole nitrogens is 1. The summed E-state index contributed by atoms with van der Waals surface area (Å²) in [6, 6.07) is 19.3. The lowest BCUT2D eigenvalue weighted by molar-refractivity contribution is -0.122. The SMILES string of the molecule is CNc1ccc2c(c1)[nH]c1cc(Oc3ccc(CC(=O)C(C)F)cc3)ccc12. The molecule has 5 heteroatoms. The second-order valence-corrected chi connectivity index (χ2v) is 6.85. The average molecular weight is 376 g/mol. The summed E-state index contributed by atoms with van der Waals surface area (Å²) in [5, 5.41) is 5.44. The summed E-state index contributed by atoms with van der Waals surface area (Å²) in [4.78, 5) is 14.9. The van der Waals surface area contributed by atoms with Gasteiger partial charge in [0.1, 0.15) is 11.5 Å². The lowest BCUT2D eigenvalue weighted by Gasteiger charge is -2.07. The van der Waals surface area contributed by atoms with Gasteiger partial charge in [-0.15, -0.1) is 0 Å². The van der Waals surface area contributed by atoms with E-state index >= 15 is 0 Å². The van der Waals surface area contributed by atoms with Crippen LogP contribution in [0.5, 0.6) is 11.5 Å². The Labute approximate surface area is 162 Å². The van der Waals surface area contributed by atoms with E-state index in [1.165, 1.54) is 6.92 Å². The van der Waals surface area contributed by atoms with Crippen LogP contribution in [0, 0.1) is 0 Å². The number of carbonyl (C=O) groups is 1. The maximum Gasteiger partial charge on any atom is 0.170 e. The first-order valence-electron chi connectivity index (χ1n) is 9.20. The third kappa shape index (κ3) is 3.56. The monoisotopic (exact) mass is 376 g/mol. The smallest absolute Gasteiger partial charge is 0.170 e. The Kier molecular flexibility index (Phi) is 4.74. The Bertz CT molecular complexity index is 1150. The van der Waals surface area contributed by atoms with Crippen molar-refractivity contribution in [3.63, 3.8) is 0 Å². The maximum absolute atomic E-state index is 13.0. The minimum atomic E-state index is -1.44. The highest BCUT2D eigenvalue weighted by Crippen LogP contribution is 2.31. The van der Waals surface area contributed by atoms with Gasteiger partial charge in [0, 0.05) is 41.5 Å². The number of aromatic amines is 1. The summed E-state index contributed by atoms with van der Waals surface area (Å²) in [7, 11) is 1.90. The van der Waals surface area contributed by atoms with Crippen molar-refractivity contribution in [2.75, 3.05) is 12.4 Å². The van der Waals surface area contributed by atoms with Crippen molar-refractivity contribution in [1.29, 1.82) is 0 Å². The number of Topliss-reactive ketones (excluding diaryl/α,β-unsaturated/α-hetero) is 1. The molecule has 4 aromatic rings. The highest BCUT2D eigenvalue weighted by atomic mass is 19.1. The number of hydrogen-bond donors (Lipinski definition) is 2. The minimum absolute atomic E-state index is 0.0908. The van der Waals surface area contributed by atoms with Gasteiger partial charge < -0.3 is 15.0 Å². The van der Waals surface area contributed by atoms with E-state index in [9.17, 15) is 9.18 Å². The van der Waals surface area contributed by atoms with Crippen LogP contribution in [0.25, 0.3) is 21.8 Å². The number of carbonyl (C=O) groups excluding carboxylic acids is 1. The third-order valence-electron chi connectivity index (χ3n) is 4.84. The molecule has 28 heavy (non-hydrogen) atoms. The number of aromatic nitrogens is 1. The van der Waals surface area contributed by atoms with Crippen LogP contribution in [-0.2, 0) is 11.2 Å². The third-order valence-corrected chi connectivity index (χ3v) is 4.84. The van der Waals surface area contributed by atoms with Crippen molar-refractivity contribution in [1.82, 2.24) is 4.98 Å². The van der Waals surface area contributed by atoms with E-state index in [1.54, 1.807) is 24.3 Å². The van der Waals surface area contributed by atoms with Crippen molar-refractivity contribution in [2.45, 2.75) is 19.5 Å². The molecule has 0 spiro atoms. The van der Waals surface area contributed by atoms with Gasteiger partial charge in [-0.25, -0.2) is 4.39 Å². The molecule has 1 atom stereocenters. The highest BCUT2D eigenvalue weighted by molar-refractivity contribution is 6.08. The Morgan fingerprint density at radius 1 is 1.00 bits per heavy atom. The number of anilines is 1.